The fourth-order valence-corrected chi connectivity index (χ4v) is 1.96. The standard InChI is InChI=1S/C14H8N6/c1-3-13-15-9-11(19(13)17-7-1)5-6-12-10-16-14-4-2-8-18-20(12)14/h1-4,7-10H. The largest absolute Gasteiger partial charge is 0.234 e. The average Bonchev–Trinajstić information content (AvgIpc) is 3.09. The summed E-state index contributed by atoms with van der Waals surface area (Å²) in [6, 6.07) is 7.45. The zero-order chi connectivity index (χ0) is 13.4. The van der Waals surface area contributed by atoms with Gasteiger partial charge in [0.05, 0.1) is 12.4 Å². The van der Waals surface area contributed by atoms with Gasteiger partial charge >= 0.3 is 0 Å². The molecule has 0 radical (unpaired) electrons. The van der Waals surface area contributed by atoms with Crippen LogP contribution in [0.3, 0.4) is 0 Å². The van der Waals surface area contributed by atoms with Crippen LogP contribution in [0.1, 0.15) is 11.4 Å². The highest BCUT2D eigenvalue weighted by molar-refractivity contribution is 5.47. The van der Waals surface area contributed by atoms with Crippen molar-refractivity contribution in [2.24, 2.45) is 0 Å². The van der Waals surface area contributed by atoms with E-state index in [4.69, 9.17) is 0 Å². The number of fused-ring (bicyclic) bond motifs is 2. The summed E-state index contributed by atoms with van der Waals surface area (Å²) in [4.78, 5) is 8.48. The first-order valence-corrected chi connectivity index (χ1v) is 6.01. The topological polar surface area (TPSA) is 60.4 Å². The maximum absolute atomic E-state index is 4.24. The van der Waals surface area contributed by atoms with Gasteiger partial charge in [0.2, 0.25) is 0 Å². The molecule has 0 fully saturated rings. The van der Waals surface area contributed by atoms with Crippen molar-refractivity contribution in [1.29, 1.82) is 0 Å². The number of imidazole rings is 2. The normalized spacial score (nSPS) is 10.6. The lowest BCUT2D eigenvalue weighted by molar-refractivity contribution is 0.918. The number of rotatable bonds is 0. The fourth-order valence-electron chi connectivity index (χ4n) is 1.96. The number of aromatic nitrogens is 6. The molecule has 0 atom stereocenters. The Labute approximate surface area is 113 Å². The smallest absolute Gasteiger partial charge is 0.154 e. The molecule has 0 spiro atoms. The van der Waals surface area contributed by atoms with Crippen LogP contribution in [0.2, 0.25) is 0 Å². The van der Waals surface area contributed by atoms with E-state index in [0.29, 0.717) is 0 Å². The van der Waals surface area contributed by atoms with Crippen LogP contribution in [0.5, 0.6) is 0 Å². The van der Waals surface area contributed by atoms with Gasteiger partial charge in [-0.3, -0.25) is 0 Å². The van der Waals surface area contributed by atoms with Gasteiger partial charge in [-0.25, -0.2) is 19.0 Å². The van der Waals surface area contributed by atoms with Crippen molar-refractivity contribution in [3.8, 4) is 11.8 Å². The second-order valence-corrected chi connectivity index (χ2v) is 4.12. The Hall–Kier alpha value is -3.20. The summed E-state index contributed by atoms with van der Waals surface area (Å²) in [5.74, 6) is 6.10. The molecule has 6 nitrogen and oxygen atoms in total. The van der Waals surface area contributed by atoms with Crippen molar-refractivity contribution in [1.82, 2.24) is 29.2 Å². The molecule has 0 N–H and O–H groups in total. The van der Waals surface area contributed by atoms with Crippen LogP contribution in [0.25, 0.3) is 11.3 Å². The van der Waals surface area contributed by atoms with E-state index in [-0.39, 0.29) is 0 Å². The third-order valence-electron chi connectivity index (χ3n) is 2.87. The third-order valence-corrected chi connectivity index (χ3v) is 2.87. The van der Waals surface area contributed by atoms with Gasteiger partial charge in [-0.2, -0.15) is 10.2 Å². The molecule has 0 saturated heterocycles. The van der Waals surface area contributed by atoms with Gasteiger partial charge < -0.3 is 0 Å². The van der Waals surface area contributed by atoms with Crippen molar-refractivity contribution in [3.05, 3.63) is 60.4 Å². The second kappa shape index (κ2) is 4.17. The molecule has 0 unspecified atom stereocenters. The molecular formula is C14H8N6. The maximum Gasteiger partial charge on any atom is 0.154 e. The number of hydrogen-bond acceptors (Lipinski definition) is 4. The van der Waals surface area contributed by atoms with Crippen LogP contribution in [0.4, 0.5) is 0 Å². The minimum atomic E-state index is 0.728. The quantitative estimate of drug-likeness (QED) is 0.445. The van der Waals surface area contributed by atoms with Crippen LogP contribution < -0.4 is 0 Å². The Bertz CT molecular complexity index is 891. The summed E-state index contributed by atoms with van der Waals surface area (Å²) in [6.07, 6.45) is 6.81. The van der Waals surface area contributed by atoms with E-state index in [1.165, 1.54) is 0 Å². The van der Waals surface area contributed by atoms with Gasteiger partial charge in [-0.15, -0.1) is 0 Å². The Kier molecular flexibility index (Phi) is 2.23. The van der Waals surface area contributed by atoms with E-state index in [1.54, 1.807) is 33.8 Å². The average molecular weight is 260 g/mol. The monoisotopic (exact) mass is 260 g/mol. The predicted octanol–water partition coefficient (Wildman–Crippen LogP) is 1.17. The van der Waals surface area contributed by atoms with Gasteiger partial charge in [-0.1, -0.05) is 0 Å². The molecule has 94 valence electrons. The Morgan fingerprint density at radius 2 is 1.25 bits per heavy atom. The highest BCUT2D eigenvalue weighted by Crippen LogP contribution is 2.04. The van der Waals surface area contributed by atoms with Gasteiger partial charge in [0.1, 0.15) is 11.4 Å². The van der Waals surface area contributed by atoms with Crippen molar-refractivity contribution in [3.63, 3.8) is 0 Å². The summed E-state index contributed by atoms with van der Waals surface area (Å²) >= 11 is 0. The molecule has 0 amide bonds. The van der Waals surface area contributed by atoms with Crippen LogP contribution in [0, 0.1) is 11.8 Å². The molecule has 4 aromatic heterocycles. The first-order valence-electron chi connectivity index (χ1n) is 6.01. The van der Waals surface area contributed by atoms with Gasteiger partial charge in [0, 0.05) is 12.4 Å². The molecular weight excluding hydrogens is 252 g/mol. The van der Waals surface area contributed by atoms with Gasteiger partial charge in [-0.05, 0) is 36.1 Å². The first kappa shape index (κ1) is 10.7. The Balaban J connectivity index is 1.83. The van der Waals surface area contributed by atoms with Crippen molar-refractivity contribution in [2.45, 2.75) is 0 Å². The lowest BCUT2D eigenvalue weighted by atomic mass is 10.4. The fraction of sp³-hybridized carbons (Fsp3) is 0. The van der Waals surface area contributed by atoms with E-state index in [9.17, 15) is 0 Å². The molecule has 6 heteroatoms. The molecule has 0 aliphatic heterocycles. The zero-order valence-electron chi connectivity index (χ0n) is 10.3. The van der Waals surface area contributed by atoms with Crippen LogP contribution in [0.15, 0.2) is 49.1 Å². The Morgan fingerprint density at radius 1 is 0.750 bits per heavy atom. The van der Waals surface area contributed by atoms with E-state index >= 15 is 0 Å². The molecule has 0 aliphatic carbocycles. The second-order valence-electron chi connectivity index (χ2n) is 4.12. The third kappa shape index (κ3) is 1.61. The predicted molar refractivity (Wildman–Crippen MR) is 72.0 cm³/mol. The summed E-state index contributed by atoms with van der Waals surface area (Å²) in [7, 11) is 0. The van der Waals surface area contributed by atoms with Crippen LogP contribution in [-0.2, 0) is 0 Å². The van der Waals surface area contributed by atoms with Crippen molar-refractivity contribution < 1.29 is 0 Å². The molecule has 4 aromatic rings. The molecule has 0 saturated carbocycles. The lowest BCUT2D eigenvalue weighted by Gasteiger charge is -1.92. The summed E-state index contributed by atoms with van der Waals surface area (Å²) in [6.45, 7) is 0. The molecule has 4 rings (SSSR count). The van der Waals surface area contributed by atoms with E-state index in [1.807, 2.05) is 24.3 Å². The minimum absolute atomic E-state index is 0.728. The van der Waals surface area contributed by atoms with E-state index < -0.39 is 0 Å². The molecule has 0 bridgehead atoms. The van der Waals surface area contributed by atoms with Crippen LogP contribution >= 0.6 is 0 Å². The van der Waals surface area contributed by atoms with Gasteiger partial charge in [0.15, 0.2) is 11.3 Å². The summed E-state index contributed by atoms with van der Waals surface area (Å²) < 4.78 is 3.40. The van der Waals surface area contributed by atoms with E-state index in [2.05, 4.69) is 32.0 Å². The highest BCUT2D eigenvalue weighted by atomic mass is 15.3. The van der Waals surface area contributed by atoms with Crippen LogP contribution in [-0.4, -0.2) is 29.2 Å². The minimum Gasteiger partial charge on any atom is -0.234 e. The van der Waals surface area contributed by atoms with Crippen molar-refractivity contribution in [2.75, 3.05) is 0 Å². The van der Waals surface area contributed by atoms with Crippen molar-refractivity contribution >= 4 is 11.3 Å². The first-order chi connectivity index (χ1) is 9.92. The highest BCUT2D eigenvalue weighted by Gasteiger charge is 2.02. The summed E-state index contributed by atoms with van der Waals surface area (Å²) in [5, 5.41) is 8.43. The maximum atomic E-state index is 4.24. The Morgan fingerprint density at radius 3 is 1.75 bits per heavy atom. The molecule has 4 heterocycles. The molecule has 0 aliphatic rings. The lowest BCUT2D eigenvalue weighted by Crippen LogP contribution is -1.94. The molecule has 20 heavy (non-hydrogen) atoms. The zero-order valence-corrected chi connectivity index (χ0v) is 10.3. The number of hydrogen-bond donors (Lipinski definition) is 0. The number of nitrogens with zero attached hydrogens (tertiary/aromatic N) is 6. The summed E-state index contributed by atoms with van der Waals surface area (Å²) in [5.41, 5.74) is 3.00. The SMILES string of the molecule is C(#Cc1cnc2cccnn12)c1cnc2cccnn12. The van der Waals surface area contributed by atoms with Gasteiger partial charge in [0.25, 0.3) is 0 Å². The molecule has 0 aromatic carbocycles. The van der Waals surface area contributed by atoms with E-state index in [0.717, 1.165) is 22.7 Å².